The zero-order valence-electron chi connectivity index (χ0n) is 18.4. The Hall–Kier alpha value is -1.22. The van der Waals surface area contributed by atoms with Crippen LogP contribution in [0.25, 0.3) is 10.4 Å². The molecule has 0 amide bonds. The summed E-state index contributed by atoms with van der Waals surface area (Å²) < 4.78 is 0. The van der Waals surface area contributed by atoms with E-state index in [0.717, 1.165) is 25.2 Å². The van der Waals surface area contributed by atoms with Crippen molar-refractivity contribution in [3.8, 4) is 0 Å². The largest absolute Gasteiger partial charge is 0.481 e. The van der Waals surface area contributed by atoms with Gasteiger partial charge in [-0.2, -0.15) is 0 Å². The van der Waals surface area contributed by atoms with Crippen LogP contribution < -0.4 is 0 Å². The molecule has 1 atom stereocenters. The van der Waals surface area contributed by atoms with Crippen LogP contribution in [0.15, 0.2) is 5.11 Å². The van der Waals surface area contributed by atoms with E-state index in [2.05, 4.69) is 16.9 Å². The third-order valence-electron chi connectivity index (χ3n) is 5.61. The summed E-state index contributed by atoms with van der Waals surface area (Å²) in [4.78, 5) is 13.2. The molecule has 5 nitrogen and oxygen atoms in total. The van der Waals surface area contributed by atoms with E-state index in [9.17, 15) is 4.79 Å². The fourth-order valence-corrected chi connectivity index (χ4v) is 3.75. The van der Waals surface area contributed by atoms with Gasteiger partial charge in [0.2, 0.25) is 0 Å². The van der Waals surface area contributed by atoms with Crippen LogP contribution in [0.4, 0.5) is 0 Å². The number of hydrogen-bond donors (Lipinski definition) is 1. The second-order valence-corrected chi connectivity index (χ2v) is 8.44. The fourth-order valence-electron chi connectivity index (χ4n) is 3.75. The molecule has 0 heterocycles. The Balaban J connectivity index is 3.18. The number of carbonyl (C=O) groups is 1. The van der Waals surface area contributed by atoms with E-state index in [1.807, 2.05) is 0 Å². The van der Waals surface area contributed by atoms with Crippen molar-refractivity contribution in [3.05, 3.63) is 10.4 Å². The number of carboxylic acid groups (broad SMARTS) is 1. The van der Waals surface area contributed by atoms with Crippen molar-refractivity contribution >= 4 is 5.97 Å². The fraction of sp³-hybridized carbons (Fsp3) is 0.957. The summed E-state index contributed by atoms with van der Waals surface area (Å²) in [7, 11) is 0. The Morgan fingerprint density at radius 2 is 1.14 bits per heavy atom. The molecule has 164 valence electrons. The number of hydrogen-bond acceptors (Lipinski definition) is 2. The van der Waals surface area contributed by atoms with Crippen LogP contribution in [0.3, 0.4) is 0 Å². The molecule has 0 aromatic carbocycles. The predicted octanol–water partition coefficient (Wildman–Crippen LogP) is 8.43. The van der Waals surface area contributed by atoms with Crippen LogP contribution in [-0.4, -0.2) is 17.6 Å². The molecule has 0 spiro atoms. The van der Waals surface area contributed by atoms with Gasteiger partial charge in [-0.1, -0.05) is 115 Å². The van der Waals surface area contributed by atoms with Crippen molar-refractivity contribution in [2.45, 2.75) is 129 Å². The average molecular weight is 396 g/mol. The molecule has 0 rings (SSSR count). The summed E-state index contributed by atoms with van der Waals surface area (Å²) >= 11 is 0. The van der Waals surface area contributed by atoms with Crippen molar-refractivity contribution in [1.29, 1.82) is 0 Å². The highest BCUT2D eigenvalue weighted by atomic mass is 16.4. The number of aliphatic carboxylic acids is 1. The van der Waals surface area contributed by atoms with Gasteiger partial charge in [0.25, 0.3) is 0 Å². The summed E-state index contributed by atoms with van der Waals surface area (Å²) in [5, 5.41) is 12.2. The van der Waals surface area contributed by atoms with Crippen LogP contribution in [-0.2, 0) is 4.79 Å². The Kier molecular flexibility index (Phi) is 21.1. The first-order chi connectivity index (χ1) is 13.7. The van der Waals surface area contributed by atoms with Gasteiger partial charge in [-0.15, -0.1) is 0 Å². The second-order valence-electron chi connectivity index (χ2n) is 8.44. The average Bonchev–Trinajstić information content (AvgIpc) is 2.67. The first-order valence-corrected chi connectivity index (χ1v) is 11.9. The van der Waals surface area contributed by atoms with Crippen molar-refractivity contribution in [3.63, 3.8) is 0 Å². The lowest BCUT2D eigenvalue weighted by Gasteiger charge is -2.11. The summed E-state index contributed by atoms with van der Waals surface area (Å²) in [5.74, 6) is 0.209. The molecule has 0 saturated heterocycles. The monoisotopic (exact) mass is 395 g/mol. The van der Waals surface area contributed by atoms with Crippen molar-refractivity contribution < 1.29 is 9.90 Å². The van der Waals surface area contributed by atoms with Crippen molar-refractivity contribution in [2.24, 2.45) is 11.0 Å². The molecule has 0 aromatic heterocycles. The van der Waals surface area contributed by atoms with Gasteiger partial charge in [-0.25, -0.2) is 0 Å². The summed E-state index contributed by atoms with van der Waals surface area (Å²) in [6.07, 6.45) is 23.2. The smallest absolute Gasteiger partial charge is 0.303 e. The van der Waals surface area contributed by atoms with Crippen LogP contribution in [0.5, 0.6) is 0 Å². The van der Waals surface area contributed by atoms with E-state index in [1.54, 1.807) is 0 Å². The number of azide groups is 1. The van der Waals surface area contributed by atoms with Gasteiger partial charge in [0.05, 0.1) is 0 Å². The van der Waals surface area contributed by atoms with Crippen LogP contribution in [0, 0.1) is 5.92 Å². The topological polar surface area (TPSA) is 86.1 Å². The van der Waals surface area contributed by atoms with Crippen LogP contribution >= 0.6 is 0 Å². The molecule has 1 N–H and O–H groups in total. The first kappa shape index (κ1) is 26.8. The maximum atomic E-state index is 10.4. The molecule has 0 aliphatic rings. The minimum atomic E-state index is -0.663. The molecule has 0 aliphatic carbocycles. The molecule has 0 aromatic rings. The van der Waals surface area contributed by atoms with Gasteiger partial charge < -0.3 is 5.11 Å². The maximum Gasteiger partial charge on any atom is 0.303 e. The highest BCUT2D eigenvalue weighted by Gasteiger charge is 2.02. The Bertz CT molecular complexity index is 373. The Morgan fingerprint density at radius 3 is 1.57 bits per heavy atom. The van der Waals surface area contributed by atoms with Gasteiger partial charge in [-0.05, 0) is 24.3 Å². The van der Waals surface area contributed by atoms with Gasteiger partial charge in [0, 0.05) is 17.9 Å². The van der Waals surface area contributed by atoms with E-state index >= 15 is 0 Å². The van der Waals surface area contributed by atoms with E-state index < -0.39 is 5.97 Å². The van der Waals surface area contributed by atoms with E-state index in [4.69, 9.17) is 10.6 Å². The lowest BCUT2D eigenvalue weighted by molar-refractivity contribution is -0.137. The Morgan fingerprint density at radius 1 is 0.750 bits per heavy atom. The summed E-state index contributed by atoms with van der Waals surface area (Å²) in [6, 6.07) is 0. The molecule has 0 saturated carbocycles. The first-order valence-electron chi connectivity index (χ1n) is 11.9. The van der Waals surface area contributed by atoms with Gasteiger partial charge in [-0.3, -0.25) is 4.79 Å². The number of carboxylic acids is 1. The SMILES string of the molecule is CC(CCCCCCCCCCN=[N+]=[N-])CCCCCCCCCCC(=O)O. The van der Waals surface area contributed by atoms with Crippen molar-refractivity contribution in [2.75, 3.05) is 6.54 Å². The maximum absolute atomic E-state index is 10.4. The van der Waals surface area contributed by atoms with Gasteiger partial charge in [0.1, 0.15) is 0 Å². The molecule has 28 heavy (non-hydrogen) atoms. The molecule has 0 bridgehead atoms. The Labute approximate surface area is 173 Å². The molecule has 0 aliphatic heterocycles. The molecule has 0 fully saturated rings. The van der Waals surface area contributed by atoms with E-state index in [1.165, 1.54) is 96.3 Å². The minimum Gasteiger partial charge on any atom is -0.481 e. The highest BCUT2D eigenvalue weighted by molar-refractivity contribution is 5.66. The van der Waals surface area contributed by atoms with Gasteiger partial charge >= 0.3 is 5.97 Å². The second kappa shape index (κ2) is 22.1. The van der Waals surface area contributed by atoms with Crippen LogP contribution in [0.1, 0.15) is 129 Å². The molecule has 5 heteroatoms. The summed E-state index contributed by atoms with van der Waals surface area (Å²) in [5.41, 5.74) is 8.20. The van der Waals surface area contributed by atoms with Gasteiger partial charge in [0.15, 0.2) is 0 Å². The molecule has 1 unspecified atom stereocenters. The molecular formula is C23H45N3O2. The number of unbranched alkanes of at least 4 members (excludes halogenated alkanes) is 14. The lowest BCUT2D eigenvalue weighted by Crippen LogP contribution is -1.95. The highest BCUT2D eigenvalue weighted by Crippen LogP contribution is 2.19. The molecular weight excluding hydrogens is 350 g/mol. The van der Waals surface area contributed by atoms with E-state index in [0.29, 0.717) is 13.0 Å². The number of rotatable bonds is 22. The van der Waals surface area contributed by atoms with E-state index in [-0.39, 0.29) is 0 Å². The quantitative estimate of drug-likeness (QED) is 0.0862. The zero-order valence-corrected chi connectivity index (χ0v) is 18.4. The zero-order chi connectivity index (χ0) is 20.7. The third kappa shape index (κ3) is 22.8. The lowest BCUT2D eigenvalue weighted by atomic mass is 9.95. The van der Waals surface area contributed by atoms with Crippen molar-refractivity contribution in [1.82, 2.24) is 0 Å². The minimum absolute atomic E-state index is 0.331. The summed E-state index contributed by atoms with van der Waals surface area (Å²) in [6.45, 7) is 3.06. The normalized spacial score (nSPS) is 11.9. The third-order valence-corrected chi connectivity index (χ3v) is 5.61. The predicted molar refractivity (Wildman–Crippen MR) is 119 cm³/mol. The number of nitrogens with zero attached hydrogens (tertiary/aromatic N) is 3. The van der Waals surface area contributed by atoms with Crippen LogP contribution in [0.2, 0.25) is 0 Å². The molecule has 0 radical (unpaired) electrons. The standard InChI is InChI=1S/C23H45N3O2/c1-22(18-14-10-6-2-3-8-12-16-20-23(27)28)19-15-11-7-4-5-9-13-17-21-25-26-24/h22H,2-21H2,1H3,(H,27,28).